The first-order valence-electron chi connectivity index (χ1n) is 5.47. The molecular formula is C11H19BrN2O. The maximum Gasteiger partial charge on any atom is 0.156 e. The molecule has 1 rings (SSSR count). The van der Waals surface area contributed by atoms with Crippen LogP contribution >= 0.6 is 15.9 Å². The topological polar surface area (TPSA) is 36.3 Å². The van der Waals surface area contributed by atoms with E-state index in [1.54, 1.807) is 0 Å². The first-order valence-corrected chi connectivity index (χ1v) is 6.59. The molecule has 0 amide bonds. The van der Waals surface area contributed by atoms with Gasteiger partial charge in [0.1, 0.15) is 0 Å². The van der Waals surface area contributed by atoms with Crippen molar-refractivity contribution in [1.82, 2.24) is 4.90 Å². The van der Waals surface area contributed by atoms with Crippen molar-refractivity contribution in [2.24, 2.45) is 11.8 Å². The van der Waals surface area contributed by atoms with E-state index in [-0.39, 0.29) is 6.10 Å². The van der Waals surface area contributed by atoms with Gasteiger partial charge < -0.3 is 4.74 Å². The Bertz CT molecular complexity index is 227. The molecule has 4 heteroatoms. The number of nitriles is 1. The second-order valence-electron chi connectivity index (χ2n) is 4.41. The van der Waals surface area contributed by atoms with E-state index in [1.165, 1.54) is 0 Å². The summed E-state index contributed by atoms with van der Waals surface area (Å²) in [6.45, 7) is 7.94. The van der Waals surface area contributed by atoms with Crippen LogP contribution < -0.4 is 0 Å². The van der Waals surface area contributed by atoms with Gasteiger partial charge in [-0.15, -0.1) is 0 Å². The van der Waals surface area contributed by atoms with Crippen LogP contribution in [0.4, 0.5) is 0 Å². The van der Waals surface area contributed by atoms with Crippen molar-refractivity contribution in [2.75, 3.05) is 31.6 Å². The summed E-state index contributed by atoms with van der Waals surface area (Å²) in [5.74, 6) is 1.33. The van der Waals surface area contributed by atoms with Crippen LogP contribution in [0.5, 0.6) is 0 Å². The molecule has 2 atom stereocenters. The predicted molar refractivity (Wildman–Crippen MR) is 63.9 cm³/mol. The van der Waals surface area contributed by atoms with Gasteiger partial charge in [0.05, 0.1) is 12.7 Å². The van der Waals surface area contributed by atoms with E-state index in [0.717, 1.165) is 25.0 Å². The number of halogens is 1. The van der Waals surface area contributed by atoms with Crippen molar-refractivity contribution in [2.45, 2.75) is 20.0 Å². The zero-order valence-corrected chi connectivity index (χ0v) is 11.0. The van der Waals surface area contributed by atoms with Gasteiger partial charge in [0.25, 0.3) is 0 Å². The van der Waals surface area contributed by atoms with Crippen LogP contribution in [0, 0.1) is 23.2 Å². The van der Waals surface area contributed by atoms with Crippen molar-refractivity contribution >= 4 is 15.9 Å². The number of nitrogens with zero attached hydrogens (tertiary/aromatic N) is 2. The highest BCUT2D eigenvalue weighted by atomic mass is 79.9. The molecule has 1 aliphatic heterocycles. The molecule has 0 saturated carbocycles. The van der Waals surface area contributed by atoms with Gasteiger partial charge in [-0.2, -0.15) is 5.26 Å². The van der Waals surface area contributed by atoms with Crippen molar-refractivity contribution in [3.63, 3.8) is 0 Å². The predicted octanol–water partition coefficient (Wildman–Crippen LogP) is 1.88. The van der Waals surface area contributed by atoms with Crippen LogP contribution in [0.1, 0.15) is 13.8 Å². The Hall–Kier alpha value is -0.110. The Morgan fingerprint density at radius 1 is 1.60 bits per heavy atom. The summed E-state index contributed by atoms with van der Waals surface area (Å²) in [5, 5.41) is 9.83. The van der Waals surface area contributed by atoms with Crippen molar-refractivity contribution in [3.8, 4) is 6.07 Å². The summed E-state index contributed by atoms with van der Waals surface area (Å²) in [7, 11) is 0. The quantitative estimate of drug-likeness (QED) is 0.735. The Kier molecular flexibility index (Phi) is 5.59. The first-order chi connectivity index (χ1) is 7.17. The Labute approximate surface area is 101 Å². The Balaban J connectivity index is 2.40. The third-order valence-electron chi connectivity index (χ3n) is 2.93. The van der Waals surface area contributed by atoms with Crippen LogP contribution in [-0.4, -0.2) is 42.6 Å². The van der Waals surface area contributed by atoms with Crippen LogP contribution in [0.3, 0.4) is 0 Å². The van der Waals surface area contributed by atoms with Crippen LogP contribution in [-0.2, 0) is 4.74 Å². The molecule has 0 aromatic rings. The molecule has 0 spiro atoms. The van der Waals surface area contributed by atoms with Gasteiger partial charge in [0.2, 0.25) is 0 Å². The highest BCUT2D eigenvalue weighted by Crippen LogP contribution is 2.17. The van der Waals surface area contributed by atoms with E-state index in [4.69, 9.17) is 10.00 Å². The van der Waals surface area contributed by atoms with Gasteiger partial charge in [-0.1, -0.05) is 29.8 Å². The van der Waals surface area contributed by atoms with E-state index in [1.807, 2.05) is 0 Å². The maximum atomic E-state index is 8.80. The van der Waals surface area contributed by atoms with Crippen LogP contribution in [0.25, 0.3) is 0 Å². The van der Waals surface area contributed by atoms with E-state index in [2.05, 4.69) is 40.7 Å². The smallest absolute Gasteiger partial charge is 0.156 e. The van der Waals surface area contributed by atoms with Gasteiger partial charge in [0.15, 0.2) is 6.10 Å². The summed E-state index contributed by atoms with van der Waals surface area (Å²) in [5.41, 5.74) is 0. The fourth-order valence-electron chi connectivity index (χ4n) is 1.72. The largest absolute Gasteiger partial charge is 0.361 e. The SMILES string of the molecule is CC(C)C(CBr)CN1CCOC(C#N)C1. The van der Waals surface area contributed by atoms with Gasteiger partial charge in [-0.25, -0.2) is 0 Å². The lowest BCUT2D eigenvalue weighted by atomic mass is 9.97. The molecule has 0 N–H and O–H groups in total. The summed E-state index contributed by atoms with van der Waals surface area (Å²) in [6.07, 6.45) is -0.234. The fraction of sp³-hybridized carbons (Fsp3) is 0.909. The standard InChI is InChI=1S/C11H19BrN2O/c1-9(2)10(5-12)7-14-3-4-15-11(6-13)8-14/h9-11H,3-5,7-8H2,1-2H3. The second kappa shape index (κ2) is 6.47. The third kappa shape index (κ3) is 4.10. The zero-order valence-electron chi connectivity index (χ0n) is 9.45. The molecule has 1 aliphatic rings. The summed E-state index contributed by atoms with van der Waals surface area (Å²) >= 11 is 3.55. The average Bonchev–Trinajstić information content (AvgIpc) is 2.25. The second-order valence-corrected chi connectivity index (χ2v) is 5.05. The third-order valence-corrected chi connectivity index (χ3v) is 3.76. The van der Waals surface area contributed by atoms with E-state index in [9.17, 15) is 0 Å². The van der Waals surface area contributed by atoms with Gasteiger partial charge in [-0.05, 0) is 11.8 Å². The molecule has 0 radical (unpaired) electrons. The highest BCUT2D eigenvalue weighted by molar-refractivity contribution is 9.09. The van der Waals surface area contributed by atoms with Crippen molar-refractivity contribution in [1.29, 1.82) is 5.26 Å². The maximum absolute atomic E-state index is 8.80. The van der Waals surface area contributed by atoms with Crippen LogP contribution in [0.15, 0.2) is 0 Å². The van der Waals surface area contributed by atoms with Crippen LogP contribution in [0.2, 0.25) is 0 Å². The van der Waals surface area contributed by atoms with E-state index < -0.39 is 0 Å². The lowest BCUT2D eigenvalue weighted by Crippen LogP contribution is -2.44. The summed E-state index contributed by atoms with van der Waals surface area (Å²) in [4.78, 5) is 2.34. The van der Waals surface area contributed by atoms with Crippen molar-refractivity contribution in [3.05, 3.63) is 0 Å². The van der Waals surface area contributed by atoms with Gasteiger partial charge in [-0.3, -0.25) is 4.90 Å². The fourth-order valence-corrected chi connectivity index (χ4v) is 2.67. The summed E-state index contributed by atoms with van der Waals surface area (Å²) < 4.78 is 5.32. The monoisotopic (exact) mass is 274 g/mol. The van der Waals surface area contributed by atoms with Gasteiger partial charge >= 0.3 is 0 Å². The van der Waals surface area contributed by atoms with Crippen molar-refractivity contribution < 1.29 is 4.74 Å². The molecule has 1 saturated heterocycles. The molecular weight excluding hydrogens is 256 g/mol. The molecule has 2 unspecified atom stereocenters. The molecule has 0 aromatic carbocycles. The van der Waals surface area contributed by atoms with E-state index >= 15 is 0 Å². The molecule has 86 valence electrons. The zero-order chi connectivity index (χ0) is 11.3. The highest BCUT2D eigenvalue weighted by Gasteiger charge is 2.23. The molecule has 0 aromatic heterocycles. The molecule has 15 heavy (non-hydrogen) atoms. The summed E-state index contributed by atoms with van der Waals surface area (Å²) in [6, 6.07) is 2.18. The number of alkyl halides is 1. The number of rotatable bonds is 4. The average molecular weight is 275 g/mol. The Morgan fingerprint density at radius 2 is 2.33 bits per heavy atom. The Morgan fingerprint density at radius 3 is 2.87 bits per heavy atom. The van der Waals surface area contributed by atoms with Gasteiger partial charge in [0, 0.05) is 25.0 Å². The minimum Gasteiger partial charge on any atom is -0.361 e. The molecule has 3 nitrogen and oxygen atoms in total. The number of hydrogen-bond acceptors (Lipinski definition) is 3. The molecule has 0 aliphatic carbocycles. The number of morpholine rings is 1. The first kappa shape index (κ1) is 13.0. The molecule has 1 heterocycles. The molecule has 1 fully saturated rings. The number of ether oxygens (including phenoxy) is 1. The van der Waals surface area contributed by atoms with E-state index in [0.29, 0.717) is 18.4 Å². The minimum atomic E-state index is -0.234. The number of hydrogen-bond donors (Lipinski definition) is 0. The normalized spacial score (nSPS) is 25.1. The lowest BCUT2D eigenvalue weighted by molar-refractivity contribution is -0.00605. The lowest BCUT2D eigenvalue weighted by Gasteiger charge is -2.33. The molecule has 0 bridgehead atoms. The minimum absolute atomic E-state index is 0.234.